The molecule has 6 nitrogen and oxygen atoms in total. The predicted molar refractivity (Wildman–Crippen MR) is 86.7 cm³/mol. The van der Waals surface area contributed by atoms with Gasteiger partial charge in [0.2, 0.25) is 0 Å². The third kappa shape index (κ3) is 5.50. The van der Waals surface area contributed by atoms with Crippen LogP contribution in [0.3, 0.4) is 0 Å². The van der Waals surface area contributed by atoms with Crippen LogP contribution in [-0.2, 0) is 4.74 Å². The van der Waals surface area contributed by atoms with Crippen molar-refractivity contribution in [2.24, 2.45) is 0 Å². The van der Waals surface area contributed by atoms with Crippen molar-refractivity contribution in [3.63, 3.8) is 0 Å². The Balaban J connectivity index is 2.73. The summed E-state index contributed by atoms with van der Waals surface area (Å²) in [6.07, 6.45) is 3.17. The number of carbonyl (C=O) groups excluding carboxylic acids is 1. The number of amides is 1. The maximum absolute atomic E-state index is 11.8. The highest BCUT2D eigenvalue weighted by Gasteiger charge is 2.26. The first-order valence-electron chi connectivity index (χ1n) is 7.11. The molecule has 1 aliphatic rings. The van der Waals surface area contributed by atoms with Crippen molar-refractivity contribution in [1.29, 1.82) is 5.26 Å². The molecule has 22 heavy (non-hydrogen) atoms. The molecule has 0 aromatic carbocycles. The molecular weight excluding hydrogens is 300 g/mol. The molecule has 0 aromatic heterocycles. The second kappa shape index (κ2) is 7.95. The summed E-state index contributed by atoms with van der Waals surface area (Å²) in [5.74, 6) is 0. The number of piperidine rings is 1. The minimum Gasteiger partial charge on any atom is -0.444 e. The second-order valence-electron chi connectivity index (χ2n) is 6.01. The van der Waals surface area contributed by atoms with Gasteiger partial charge in [0.25, 0.3) is 5.70 Å². The quantitative estimate of drug-likeness (QED) is 0.639. The number of thioether (sulfide) groups is 1. The molecule has 7 heteroatoms. The summed E-state index contributed by atoms with van der Waals surface area (Å²) in [4.78, 5) is 17.1. The number of carbonyl (C=O) groups is 1. The molecular formula is C15H22N4O2S. The summed E-state index contributed by atoms with van der Waals surface area (Å²) in [7, 11) is 0. The van der Waals surface area contributed by atoms with Crippen LogP contribution in [-0.4, -0.2) is 42.0 Å². The van der Waals surface area contributed by atoms with E-state index in [1.54, 1.807) is 0 Å². The van der Waals surface area contributed by atoms with Crippen molar-refractivity contribution in [1.82, 2.24) is 10.2 Å². The van der Waals surface area contributed by atoms with Gasteiger partial charge in [0.1, 0.15) is 5.60 Å². The molecule has 0 saturated carbocycles. The van der Waals surface area contributed by atoms with Crippen molar-refractivity contribution in [2.75, 3.05) is 19.3 Å². The lowest BCUT2D eigenvalue weighted by molar-refractivity contribution is 0.0482. The number of nitrogens with one attached hydrogen (secondary N) is 1. The van der Waals surface area contributed by atoms with E-state index < -0.39 is 11.7 Å². The van der Waals surface area contributed by atoms with E-state index in [-0.39, 0.29) is 11.7 Å². The minimum absolute atomic E-state index is 0.0450. The zero-order valence-electron chi connectivity index (χ0n) is 13.5. The van der Waals surface area contributed by atoms with Gasteiger partial charge in [-0.25, -0.2) is 14.9 Å². The fraction of sp³-hybridized carbons (Fsp3) is 0.667. The van der Waals surface area contributed by atoms with Crippen molar-refractivity contribution >= 4 is 17.9 Å². The van der Waals surface area contributed by atoms with E-state index in [1.165, 1.54) is 11.8 Å². The van der Waals surface area contributed by atoms with Crippen LogP contribution in [0.4, 0.5) is 4.79 Å². The Morgan fingerprint density at radius 2 is 2.23 bits per heavy atom. The molecule has 1 heterocycles. The standard InChI is InChI=1S/C15H22N4O2S/c1-15(2,3)21-14(20)18-11-7-6-8-19(10-11)13(22-5)12(9-16)17-4/h11H,6-8,10H2,1-3,5H3,(H,18,20)/t11-/m1/s1. The Hall–Kier alpha value is -1.86. The average molecular weight is 322 g/mol. The van der Waals surface area contributed by atoms with Crippen LogP contribution in [0, 0.1) is 17.9 Å². The van der Waals surface area contributed by atoms with Crippen molar-refractivity contribution in [3.05, 3.63) is 22.1 Å². The van der Waals surface area contributed by atoms with Gasteiger partial charge in [0.05, 0.1) is 17.7 Å². The van der Waals surface area contributed by atoms with Crippen molar-refractivity contribution in [2.45, 2.75) is 45.3 Å². The highest BCUT2D eigenvalue weighted by Crippen LogP contribution is 2.26. The van der Waals surface area contributed by atoms with Crippen LogP contribution in [0.15, 0.2) is 10.7 Å². The minimum atomic E-state index is -0.527. The molecule has 0 aliphatic carbocycles. The van der Waals surface area contributed by atoms with E-state index in [0.717, 1.165) is 19.4 Å². The lowest BCUT2D eigenvalue weighted by Crippen LogP contribution is -2.48. The summed E-state index contributed by atoms with van der Waals surface area (Å²) in [6, 6.07) is 1.89. The number of rotatable bonds is 3. The lowest BCUT2D eigenvalue weighted by atomic mass is 10.1. The van der Waals surface area contributed by atoms with Gasteiger partial charge in [0, 0.05) is 19.1 Å². The smallest absolute Gasteiger partial charge is 0.407 e. The van der Waals surface area contributed by atoms with Gasteiger partial charge in [-0.1, -0.05) is 0 Å². The van der Waals surface area contributed by atoms with E-state index >= 15 is 0 Å². The Morgan fingerprint density at radius 3 is 2.73 bits per heavy atom. The van der Waals surface area contributed by atoms with Gasteiger partial charge in [-0.2, -0.15) is 0 Å². The predicted octanol–water partition coefficient (Wildman–Crippen LogP) is 2.95. The van der Waals surface area contributed by atoms with Crippen LogP contribution >= 0.6 is 11.8 Å². The van der Waals surface area contributed by atoms with E-state index in [0.29, 0.717) is 11.6 Å². The Labute approximate surface area is 136 Å². The number of ether oxygens (including phenoxy) is 1. The molecule has 0 unspecified atom stereocenters. The van der Waals surface area contributed by atoms with Gasteiger partial charge in [-0.3, -0.25) is 0 Å². The molecule has 0 spiro atoms. The fourth-order valence-electron chi connectivity index (χ4n) is 2.25. The monoisotopic (exact) mass is 322 g/mol. The molecule has 0 aromatic rings. The molecule has 1 N–H and O–H groups in total. The van der Waals surface area contributed by atoms with Crippen LogP contribution in [0.25, 0.3) is 4.85 Å². The van der Waals surface area contributed by atoms with Gasteiger partial charge in [-0.05, 0) is 39.9 Å². The zero-order chi connectivity index (χ0) is 16.8. The molecule has 1 rings (SSSR count). The summed E-state index contributed by atoms with van der Waals surface area (Å²) in [5.41, 5.74) is -0.425. The van der Waals surface area contributed by atoms with Gasteiger partial charge in [0.15, 0.2) is 0 Å². The van der Waals surface area contributed by atoms with Gasteiger partial charge in [-0.15, -0.1) is 11.8 Å². The first-order chi connectivity index (χ1) is 10.3. The highest BCUT2D eigenvalue weighted by molar-refractivity contribution is 8.02. The van der Waals surface area contributed by atoms with Gasteiger partial charge >= 0.3 is 6.09 Å². The van der Waals surface area contributed by atoms with Crippen molar-refractivity contribution in [3.8, 4) is 6.07 Å². The summed E-state index contributed by atoms with van der Waals surface area (Å²) in [6.45, 7) is 13.9. The number of alkyl carbamates (subject to hydrolysis) is 1. The number of nitriles is 1. The number of nitrogens with zero attached hydrogens (tertiary/aromatic N) is 3. The first kappa shape index (κ1) is 18.2. The number of allylic oxidation sites excluding steroid dienone is 1. The average Bonchev–Trinajstić information content (AvgIpc) is 2.42. The van der Waals surface area contributed by atoms with E-state index in [4.69, 9.17) is 16.6 Å². The largest absolute Gasteiger partial charge is 0.444 e. The maximum atomic E-state index is 11.8. The van der Waals surface area contributed by atoms with Crippen LogP contribution in [0.1, 0.15) is 33.6 Å². The second-order valence-corrected chi connectivity index (χ2v) is 6.81. The molecule has 1 amide bonds. The van der Waals surface area contributed by atoms with Crippen LogP contribution in [0.2, 0.25) is 0 Å². The molecule has 0 bridgehead atoms. The van der Waals surface area contributed by atoms with Crippen molar-refractivity contribution < 1.29 is 9.53 Å². The zero-order valence-corrected chi connectivity index (χ0v) is 14.3. The third-order valence-corrected chi connectivity index (χ3v) is 3.88. The fourth-order valence-corrected chi connectivity index (χ4v) is 2.96. The Kier molecular flexibility index (Phi) is 6.58. The molecule has 1 saturated heterocycles. The molecule has 120 valence electrons. The van der Waals surface area contributed by atoms with E-state index in [9.17, 15) is 4.79 Å². The Bertz CT molecular complexity index is 509. The highest BCUT2D eigenvalue weighted by atomic mass is 32.2. The maximum Gasteiger partial charge on any atom is 0.407 e. The normalized spacial score (nSPS) is 19.5. The summed E-state index contributed by atoms with van der Waals surface area (Å²) < 4.78 is 5.27. The molecule has 1 aliphatic heterocycles. The van der Waals surface area contributed by atoms with E-state index in [2.05, 4.69) is 10.2 Å². The van der Waals surface area contributed by atoms with Crippen LogP contribution < -0.4 is 5.32 Å². The lowest BCUT2D eigenvalue weighted by Gasteiger charge is -2.36. The number of hydrogen-bond acceptors (Lipinski definition) is 5. The Morgan fingerprint density at radius 1 is 1.55 bits per heavy atom. The molecule has 0 radical (unpaired) electrons. The molecule has 1 fully saturated rings. The first-order valence-corrected chi connectivity index (χ1v) is 8.33. The van der Waals surface area contributed by atoms with Crippen LogP contribution in [0.5, 0.6) is 0 Å². The molecule has 1 atom stereocenters. The number of likely N-dealkylation sites (tertiary alicyclic amines) is 1. The van der Waals surface area contributed by atoms with Gasteiger partial charge < -0.3 is 15.0 Å². The van der Waals surface area contributed by atoms with E-state index in [1.807, 2.05) is 38.0 Å². The third-order valence-electron chi connectivity index (χ3n) is 3.04. The topological polar surface area (TPSA) is 69.7 Å². The summed E-state index contributed by atoms with van der Waals surface area (Å²) >= 11 is 1.39. The summed E-state index contributed by atoms with van der Waals surface area (Å²) in [5, 5.41) is 12.6. The number of hydrogen-bond donors (Lipinski definition) is 1. The SMILES string of the molecule is [C-]#[N+]C(C#N)=C(SC)N1CCC[C@@H](NC(=O)OC(C)(C)C)C1.